The third-order valence-electron chi connectivity index (χ3n) is 3.41. The van der Waals surface area contributed by atoms with E-state index in [1.807, 2.05) is 55.5 Å². The highest BCUT2D eigenvalue weighted by Gasteiger charge is 2.08. The lowest BCUT2D eigenvalue weighted by Crippen LogP contribution is -2.24. The van der Waals surface area contributed by atoms with Gasteiger partial charge in [-0.1, -0.05) is 59.0 Å². The van der Waals surface area contributed by atoms with E-state index in [4.69, 9.17) is 11.6 Å². The molecule has 26 heavy (non-hydrogen) atoms. The zero-order valence-corrected chi connectivity index (χ0v) is 16.4. The predicted octanol–water partition coefficient (Wildman–Crippen LogP) is 4.65. The highest BCUT2D eigenvalue weighted by molar-refractivity contribution is 8.01. The zero-order chi connectivity index (χ0) is 18.4. The van der Waals surface area contributed by atoms with Gasteiger partial charge in [-0.05, 0) is 42.3 Å². The van der Waals surface area contributed by atoms with Crippen molar-refractivity contribution < 1.29 is 4.79 Å². The van der Waals surface area contributed by atoms with Gasteiger partial charge in [0.15, 0.2) is 4.34 Å². The van der Waals surface area contributed by atoms with Gasteiger partial charge < -0.3 is 10.6 Å². The largest absolute Gasteiger partial charge is 0.351 e. The van der Waals surface area contributed by atoms with Crippen LogP contribution in [0.2, 0.25) is 5.02 Å². The average molecular weight is 405 g/mol. The molecule has 0 aliphatic heterocycles. The Bertz CT molecular complexity index is 883. The fraction of sp³-hybridized carbons (Fsp3) is 0.167. The summed E-state index contributed by atoms with van der Waals surface area (Å²) in [5, 5.41) is 15.7. The third-order valence-corrected chi connectivity index (χ3v) is 5.63. The van der Waals surface area contributed by atoms with Crippen molar-refractivity contribution in [1.29, 1.82) is 0 Å². The number of anilines is 2. The lowest BCUT2D eigenvalue weighted by Gasteiger charge is -2.04. The van der Waals surface area contributed by atoms with Gasteiger partial charge in [-0.3, -0.25) is 4.79 Å². The van der Waals surface area contributed by atoms with Crippen LogP contribution < -0.4 is 10.6 Å². The SMILES string of the molecule is Cc1cccc(Nc2nnc(SCC(=O)NCc3ccc(Cl)cc3)s2)c1. The van der Waals surface area contributed by atoms with E-state index in [0.29, 0.717) is 22.5 Å². The number of hydrogen-bond acceptors (Lipinski definition) is 6. The van der Waals surface area contributed by atoms with Crippen molar-refractivity contribution in [2.45, 2.75) is 17.8 Å². The van der Waals surface area contributed by atoms with Gasteiger partial charge in [0.2, 0.25) is 11.0 Å². The molecule has 3 aromatic rings. The third kappa shape index (κ3) is 5.72. The van der Waals surface area contributed by atoms with Gasteiger partial charge in [0.25, 0.3) is 0 Å². The predicted molar refractivity (Wildman–Crippen MR) is 108 cm³/mol. The molecule has 0 bridgehead atoms. The summed E-state index contributed by atoms with van der Waals surface area (Å²) < 4.78 is 0.752. The molecule has 8 heteroatoms. The summed E-state index contributed by atoms with van der Waals surface area (Å²) in [5.41, 5.74) is 3.15. The van der Waals surface area contributed by atoms with Crippen molar-refractivity contribution >= 4 is 51.4 Å². The lowest BCUT2D eigenvalue weighted by atomic mass is 10.2. The maximum Gasteiger partial charge on any atom is 0.230 e. The first-order valence-electron chi connectivity index (χ1n) is 7.89. The molecule has 3 rings (SSSR count). The van der Waals surface area contributed by atoms with Crippen molar-refractivity contribution in [2.24, 2.45) is 0 Å². The van der Waals surface area contributed by atoms with Crippen molar-refractivity contribution in [3.8, 4) is 0 Å². The molecule has 0 atom stereocenters. The normalized spacial score (nSPS) is 10.5. The van der Waals surface area contributed by atoms with Gasteiger partial charge in [0.1, 0.15) is 0 Å². The molecule has 0 fully saturated rings. The fourth-order valence-electron chi connectivity index (χ4n) is 2.15. The van der Waals surface area contributed by atoms with Crippen LogP contribution in [0, 0.1) is 6.92 Å². The number of thioether (sulfide) groups is 1. The number of nitrogens with one attached hydrogen (secondary N) is 2. The number of carbonyl (C=O) groups excluding carboxylic acids is 1. The number of carbonyl (C=O) groups is 1. The van der Waals surface area contributed by atoms with Gasteiger partial charge in [-0.2, -0.15) is 0 Å². The highest BCUT2D eigenvalue weighted by atomic mass is 35.5. The van der Waals surface area contributed by atoms with Crippen molar-refractivity contribution in [3.05, 3.63) is 64.7 Å². The molecule has 0 unspecified atom stereocenters. The Morgan fingerprint density at radius 3 is 2.77 bits per heavy atom. The summed E-state index contributed by atoms with van der Waals surface area (Å²) >= 11 is 8.64. The summed E-state index contributed by atoms with van der Waals surface area (Å²) in [5.74, 6) is 0.250. The molecule has 0 radical (unpaired) electrons. The molecule has 1 amide bonds. The summed E-state index contributed by atoms with van der Waals surface area (Å²) in [6.07, 6.45) is 0. The fourth-order valence-corrected chi connectivity index (χ4v) is 3.87. The summed E-state index contributed by atoms with van der Waals surface area (Å²) in [6, 6.07) is 15.4. The van der Waals surface area contributed by atoms with Gasteiger partial charge in [0.05, 0.1) is 5.75 Å². The first-order chi connectivity index (χ1) is 12.6. The van der Waals surface area contributed by atoms with E-state index in [9.17, 15) is 4.79 Å². The van der Waals surface area contributed by atoms with E-state index in [2.05, 4.69) is 20.8 Å². The van der Waals surface area contributed by atoms with Crippen molar-refractivity contribution in [1.82, 2.24) is 15.5 Å². The molecule has 0 saturated heterocycles. The van der Waals surface area contributed by atoms with Crippen molar-refractivity contribution in [3.63, 3.8) is 0 Å². The minimum atomic E-state index is -0.0478. The van der Waals surface area contributed by atoms with Gasteiger partial charge in [0, 0.05) is 17.3 Å². The topological polar surface area (TPSA) is 66.9 Å². The monoisotopic (exact) mass is 404 g/mol. The van der Waals surface area contributed by atoms with Crippen LogP contribution >= 0.6 is 34.7 Å². The lowest BCUT2D eigenvalue weighted by molar-refractivity contribution is -0.118. The summed E-state index contributed by atoms with van der Waals surface area (Å²) in [4.78, 5) is 12.0. The maximum absolute atomic E-state index is 12.0. The smallest absolute Gasteiger partial charge is 0.230 e. The number of amides is 1. The van der Waals surface area contributed by atoms with Crippen LogP contribution in [0.25, 0.3) is 0 Å². The van der Waals surface area contributed by atoms with Crippen LogP contribution in [0.4, 0.5) is 10.8 Å². The number of halogens is 1. The quantitative estimate of drug-likeness (QED) is 0.561. The van der Waals surface area contributed by atoms with Gasteiger partial charge in [-0.15, -0.1) is 10.2 Å². The summed E-state index contributed by atoms with van der Waals surface area (Å²) in [6.45, 7) is 2.52. The standard InChI is InChI=1S/C18H17ClN4OS2/c1-12-3-2-4-15(9-12)21-17-22-23-18(26-17)25-11-16(24)20-10-13-5-7-14(19)8-6-13/h2-9H,10-11H2,1H3,(H,20,24)(H,21,22). The maximum atomic E-state index is 12.0. The van der Waals surface area contributed by atoms with Gasteiger partial charge in [-0.25, -0.2) is 0 Å². The minimum Gasteiger partial charge on any atom is -0.351 e. The second kappa shape index (κ2) is 9.02. The van der Waals surface area contributed by atoms with E-state index >= 15 is 0 Å². The van der Waals surface area contributed by atoms with E-state index in [1.54, 1.807) is 0 Å². The Morgan fingerprint density at radius 2 is 2.00 bits per heavy atom. The molecular weight excluding hydrogens is 388 g/mol. The zero-order valence-electron chi connectivity index (χ0n) is 14.0. The number of benzene rings is 2. The molecule has 5 nitrogen and oxygen atoms in total. The van der Waals surface area contributed by atoms with Crippen LogP contribution in [-0.4, -0.2) is 21.9 Å². The Kier molecular flexibility index (Phi) is 6.49. The molecule has 1 heterocycles. The molecule has 1 aromatic heterocycles. The molecule has 2 aromatic carbocycles. The highest BCUT2D eigenvalue weighted by Crippen LogP contribution is 2.27. The number of rotatable bonds is 7. The number of aromatic nitrogens is 2. The molecule has 0 aliphatic rings. The number of nitrogens with zero attached hydrogens (tertiary/aromatic N) is 2. The molecule has 134 valence electrons. The Labute approximate surface area is 165 Å². The number of aryl methyl sites for hydroxylation is 1. The van der Waals surface area contributed by atoms with E-state index in [-0.39, 0.29) is 5.91 Å². The second-order valence-corrected chi connectivity index (χ2v) is 8.20. The summed E-state index contributed by atoms with van der Waals surface area (Å²) in [7, 11) is 0. The van der Waals surface area contributed by atoms with Crippen LogP contribution in [-0.2, 0) is 11.3 Å². The average Bonchev–Trinajstić information content (AvgIpc) is 3.07. The molecule has 0 aliphatic carbocycles. The van der Waals surface area contributed by atoms with E-state index < -0.39 is 0 Å². The Balaban J connectivity index is 1.45. The van der Waals surface area contributed by atoms with E-state index in [1.165, 1.54) is 28.7 Å². The Morgan fingerprint density at radius 1 is 1.19 bits per heavy atom. The molecule has 0 spiro atoms. The van der Waals surface area contributed by atoms with Gasteiger partial charge >= 0.3 is 0 Å². The second-order valence-electron chi connectivity index (χ2n) is 5.56. The van der Waals surface area contributed by atoms with Crippen LogP contribution in [0.1, 0.15) is 11.1 Å². The minimum absolute atomic E-state index is 0.0478. The van der Waals surface area contributed by atoms with Crippen LogP contribution in [0.5, 0.6) is 0 Å². The van der Waals surface area contributed by atoms with Crippen LogP contribution in [0.15, 0.2) is 52.9 Å². The first-order valence-corrected chi connectivity index (χ1v) is 10.1. The number of hydrogen-bond donors (Lipinski definition) is 2. The van der Waals surface area contributed by atoms with E-state index in [0.717, 1.165) is 15.6 Å². The first kappa shape index (κ1) is 18.7. The molecular formula is C18H17ClN4OS2. The van der Waals surface area contributed by atoms with Crippen LogP contribution in [0.3, 0.4) is 0 Å². The van der Waals surface area contributed by atoms with Crippen molar-refractivity contribution in [2.75, 3.05) is 11.1 Å². The molecule has 2 N–H and O–H groups in total. The Hall–Kier alpha value is -2.09. The molecule has 0 saturated carbocycles.